The fourth-order valence-corrected chi connectivity index (χ4v) is 4.14. The Balaban J connectivity index is 2.24. The van der Waals surface area contributed by atoms with Crippen LogP contribution in [0.2, 0.25) is 0 Å². The molecule has 6 heteroatoms. The average Bonchev–Trinajstić information content (AvgIpc) is 2.42. The Morgan fingerprint density at radius 2 is 2.10 bits per heavy atom. The SMILES string of the molecule is Cc1ccc(C)c(NS(=O)(=O)N2CCCCC2CN)c1. The van der Waals surface area contributed by atoms with Crippen LogP contribution in [0.4, 0.5) is 5.69 Å². The number of hydrogen-bond acceptors (Lipinski definition) is 3. The van der Waals surface area contributed by atoms with Crippen molar-refractivity contribution in [2.45, 2.75) is 39.2 Å². The van der Waals surface area contributed by atoms with Crippen molar-refractivity contribution in [2.24, 2.45) is 5.73 Å². The lowest BCUT2D eigenvalue weighted by atomic mass is 10.1. The first-order chi connectivity index (χ1) is 9.44. The van der Waals surface area contributed by atoms with Gasteiger partial charge in [0.25, 0.3) is 0 Å². The van der Waals surface area contributed by atoms with Crippen molar-refractivity contribution in [3.63, 3.8) is 0 Å². The first kappa shape index (κ1) is 15.3. The Kier molecular flexibility index (Phi) is 4.67. The van der Waals surface area contributed by atoms with Crippen LogP contribution >= 0.6 is 0 Å². The molecule has 1 unspecified atom stereocenters. The lowest BCUT2D eigenvalue weighted by Gasteiger charge is -2.34. The van der Waals surface area contributed by atoms with E-state index in [0.717, 1.165) is 30.4 Å². The quantitative estimate of drug-likeness (QED) is 0.889. The van der Waals surface area contributed by atoms with Gasteiger partial charge in [-0.2, -0.15) is 12.7 Å². The van der Waals surface area contributed by atoms with Crippen LogP contribution in [0.15, 0.2) is 18.2 Å². The highest BCUT2D eigenvalue weighted by atomic mass is 32.2. The second-order valence-corrected chi connectivity index (χ2v) is 7.04. The standard InChI is InChI=1S/C14H23N3O2S/c1-11-6-7-12(2)14(9-11)16-20(18,19)17-8-4-3-5-13(17)10-15/h6-7,9,13,16H,3-5,8,10,15H2,1-2H3. The van der Waals surface area contributed by atoms with Gasteiger partial charge in [-0.05, 0) is 43.9 Å². The van der Waals surface area contributed by atoms with E-state index in [1.165, 1.54) is 4.31 Å². The van der Waals surface area contributed by atoms with E-state index in [1.54, 1.807) is 0 Å². The molecule has 1 fully saturated rings. The highest BCUT2D eigenvalue weighted by Gasteiger charge is 2.31. The van der Waals surface area contributed by atoms with Gasteiger partial charge in [0.05, 0.1) is 5.69 Å². The second-order valence-electron chi connectivity index (χ2n) is 5.42. The molecule has 1 atom stereocenters. The fourth-order valence-electron chi connectivity index (χ4n) is 2.57. The van der Waals surface area contributed by atoms with E-state index in [9.17, 15) is 8.42 Å². The molecule has 1 aromatic rings. The first-order valence-corrected chi connectivity index (χ1v) is 8.45. The zero-order valence-electron chi connectivity index (χ0n) is 12.1. The predicted octanol–water partition coefficient (Wildman–Crippen LogP) is 1.77. The van der Waals surface area contributed by atoms with Gasteiger partial charge in [0, 0.05) is 19.1 Å². The normalized spacial score (nSPS) is 20.9. The summed E-state index contributed by atoms with van der Waals surface area (Å²) in [5.74, 6) is 0. The molecule has 3 N–H and O–H groups in total. The van der Waals surface area contributed by atoms with Gasteiger partial charge in [0.1, 0.15) is 0 Å². The summed E-state index contributed by atoms with van der Waals surface area (Å²) in [5.41, 5.74) is 8.30. The molecule has 0 aliphatic carbocycles. The van der Waals surface area contributed by atoms with Crippen LogP contribution in [-0.4, -0.2) is 31.9 Å². The summed E-state index contributed by atoms with van der Waals surface area (Å²) < 4.78 is 29.3. The number of nitrogens with two attached hydrogens (primary N) is 1. The van der Waals surface area contributed by atoms with E-state index >= 15 is 0 Å². The number of nitrogens with zero attached hydrogens (tertiary/aromatic N) is 1. The Morgan fingerprint density at radius 1 is 1.35 bits per heavy atom. The number of anilines is 1. The van der Waals surface area contributed by atoms with Gasteiger partial charge >= 0.3 is 10.2 Å². The minimum absolute atomic E-state index is 0.0913. The summed E-state index contributed by atoms with van der Waals surface area (Å²) in [5, 5.41) is 0. The minimum Gasteiger partial charge on any atom is -0.329 e. The summed E-state index contributed by atoms with van der Waals surface area (Å²) in [6, 6.07) is 5.65. The maximum atomic E-state index is 12.5. The van der Waals surface area contributed by atoms with E-state index in [1.807, 2.05) is 32.0 Å². The zero-order chi connectivity index (χ0) is 14.8. The van der Waals surface area contributed by atoms with Crippen molar-refractivity contribution in [2.75, 3.05) is 17.8 Å². The molecule has 0 radical (unpaired) electrons. The third-order valence-corrected chi connectivity index (χ3v) is 5.36. The molecule has 0 spiro atoms. The van der Waals surface area contributed by atoms with Gasteiger partial charge in [-0.25, -0.2) is 0 Å². The van der Waals surface area contributed by atoms with Crippen LogP contribution in [0.25, 0.3) is 0 Å². The van der Waals surface area contributed by atoms with Crippen molar-refractivity contribution in [3.05, 3.63) is 29.3 Å². The van der Waals surface area contributed by atoms with Crippen molar-refractivity contribution >= 4 is 15.9 Å². The number of aryl methyl sites for hydroxylation is 2. The van der Waals surface area contributed by atoms with Gasteiger partial charge in [-0.15, -0.1) is 0 Å². The van der Waals surface area contributed by atoms with Crippen LogP contribution in [0.1, 0.15) is 30.4 Å². The lowest BCUT2D eigenvalue weighted by Crippen LogP contribution is -2.49. The summed E-state index contributed by atoms with van der Waals surface area (Å²) in [7, 11) is -3.53. The summed E-state index contributed by atoms with van der Waals surface area (Å²) in [6.07, 6.45) is 2.77. The van der Waals surface area contributed by atoms with Crippen molar-refractivity contribution in [1.29, 1.82) is 0 Å². The van der Waals surface area contributed by atoms with Crippen LogP contribution in [0, 0.1) is 13.8 Å². The van der Waals surface area contributed by atoms with Gasteiger partial charge in [0.15, 0.2) is 0 Å². The molecular formula is C14H23N3O2S. The molecule has 20 heavy (non-hydrogen) atoms. The largest absolute Gasteiger partial charge is 0.329 e. The predicted molar refractivity (Wildman–Crippen MR) is 81.9 cm³/mol. The van der Waals surface area contributed by atoms with E-state index in [-0.39, 0.29) is 6.04 Å². The summed E-state index contributed by atoms with van der Waals surface area (Å²) in [4.78, 5) is 0. The smallest absolute Gasteiger partial charge is 0.301 e. The van der Waals surface area contributed by atoms with E-state index in [0.29, 0.717) is 18.8 Å². The minimum atomic E-state index is -3.53. The Bertz CT molecular complexity index is 572. The molecule has 112 valence electrons. The molecule has 0 amide bonds. The molecular weight excluding hydrogens is 274 g/mol. The molecule has 5 nitrogen and oxygen atoms in total. The molecule has 1 saturated heterocycles. The Morgan fingerprint density at radius 3 is 2.80 bits per heavy atom. The maximum absolute atomic E-state index is 12.5. The Labute approximate surface area is 121 Å². The van der Waals surface area contributed by atoms with Gasteiger partial charge < -0.3 is 5.73 Å². The van der Waals surface area contributed by atoms with Crippen LogP contribution in [-0.2, 0) is 10.2 Å². The number of nitrogens with one attached hydrogen (secondary N) is 1. The molecule has 1 aliphatic rings. The molecule has 2 rings (SSSR count). The number of piperidine rings is 1. The monoisotopic (exact) mass is 297 g/mol. The third-order valence-electron chi connectivity index (χ3n) is 3.79. The molecule has 0 bridgehead atoms. The summed E-state index contributed by atoms with van der Waals surface area (Å²) >= 11 is 0. The van der Waals surface area contributed by atoms with Crippen molar-refractivity contribution in [1.82, 2.24) is 4.31 Å². The number of benzene rings is 1. The summed E-state index contributed by atoms with van der Waals surface area (Å²) in [6.45, 7) is 4.75. The number of hydrogen-bond donors (Lipinski definition) is 2. The molecule has 1 heterocycles. The molecule has 1 aliphatic heterocycles. The average molecular weight is 297 g/mol. The van der Waals surface area contributed by atoms with Crippen LogP contribution in [0.5, 0.6) is 0 Å². The lowest BCUT2D eigenvalue weighted by molar-refractivity contribution is 0.259. The Hall–Kier alpha value is -1.11. The van der Waals surface area contributed by atoms with Crippen molar-refractivity contribution in [3.8, 4) is 0 Å². The van der Waals surface area contributed by atoms with Gasteiger partial charge in [0.2, 0.25) is 0 Å². The van der Waals surface area contributed by atoms with E-state index in [4.69, 9.17) is 5.73 Å². The van der Waals surface area contributed by atoms with Crippen LogP contribution in [0.3, 0.4) is 0 Å². The van der Waals surface area contributed by atoms with Gasteiger partial charge in [-0.3, -0.25) is 4.72 Å². The van der Waals surface area contributed by atoms with Crippen LogP contribution < -0.4 is 10.5 Å². The van der Waals surface area contributed by atoms with E-state index in [2.05, 4.69) is 4.72 Å². The zero-order valence-corrected chi connectivity index (χ0v) is 12.9. The van der Waals surface area contributed by atoms with Crippen molar-refractivity contribution < 1.29 is 8.42 Å². The molecule has 1 aromatic carbocycles. The highest BCUT2D eigenvalue weighted by Crippen LogP contribution is 2.23. The first-order valence-electron chi connectivity index (χ1n) is 7.01. The number of rotatable bonds is 4. The molecule has 0 aromatic heterocycles. The fraction of sp³-hybridized carbons (Fsp3) is 0.571. The highest BCUT2D eigenvalue weighted by molar-refractivity contribution is 7.90. The van der Waals surface area contributed by atoms with E-state index < -0.39 is 10.2 Å². The molecule has 0 saturated carbocycles. The van der Waals surface area contributed by atoms with Gasteiger partial charge in [-0.1, -0.05) is 18.6 Å². The maximum Gasteiger partial charge on any atom is 0.301 e. The topological polar surface area (TPSA) is 75.4 Å². The second kappa shape index (κ2) is 6.11. The third kappa shape index (κ3) is 3.31.